The van der Waals surface area contributed by atoms with Gasteiger partial charge in [-0.05, 0) is 79.5 Å². The van der Waals surface area contributed by atoms with Gasteiger partial charge in [-0.15, -0.1) is 0 Å². The summed E-state index contributed by atoms with van der Waals surface area (Å²) in [5.41, 5.74) is 2.79. The van der Waals surface area contributed by atoms with Gasteiger partial charge in [0.05, 0.1) is 6.10 Å². The van der Waals surface area contributed by atoms with Crippen LogP contribution in [0.2, 0.25) is 0 Å². The van der Waals surface area contributed by atoms with E-state index in [1.165, 1.54) is 4.90 Å². The van der Waals surface area contributed by atoms with Crippen LogP contribution in [0.5, 0.6) is 5.75 Å². The fourth-order valence-electron chi connectivity index (χ4n) is 5.34. The molecule has 1 unspecified atom stereocenters. The molecule has 10 nitrogen and oxygen atoms in total. The van der Waals surface area contributed by atoms with E-state index in [1.807, 2.05) is 18.2 Å². The number of ether oxygens (including phenoxy) is 1. The highest BCUT2D eigenvalue weighted by Crippen LogP contribution is 2.29. The average Bonchev–Trinajstić information content (AvgIpc) is 3.24. The first-order chi connectivity index (χ1) is 18.4. The molecule has 200 valence electrons. The van der Waals surface area contributed by atoms with Gasteiger partial charge in [0.15, 0.2) is 0 Å². The van der Waals surface area contributed by atoms with E-state index in [-0.39, 0.29) is 50.1 Å². The number of benzene rings is 2. The maximum Gasteiger partial charge on any atom is 0.319 e. The van der Waals surface area contributed by atoms with Crippen molar-refractivity contribution in [2.75, 3.05) is 11.9 Å². The minimum atomic E-state index is -0.655. The van der Waals surface area contributed by atoms with Gasteiger partial charge in [-0.25, -0.2) is 4.79 Å². The number of urea groups is 1. The van der Waals surface area contributed by atoms with E-state index >= 15 is 0 Å². The zero-order valence-corrected chi connectivity index (χ0v) is 21.1. The molecule has 3 aliphatic rings. The van der Waals surface area contributed by atoms with Crippen LogP contribution in [0.15, 0.2) is 42.5 Å². The third kappa shape index (κ3) is 5.80. The number of aliphatic hydroxyl groups excluding tert-OH is 1. The van der Waals surface area contributed by atoms with E-state index in [9.17, 15) is 24.3 Å². The van der Waals surface area contributed by atoms with Crippen molar-refractivity contribution in [3.63, 3.8) is 0 Å². The van der Waals surface area contributed by atoms with Gasteiger partial charge in [0.25, 0.3) is 5.91 Å². The van der Waals surface area contributed by atoms with Crippen molar-refractivity contribution in [1.82, 2.24) is 15.5 Å². The summed E-state index contributed by atoms with van der Waals surface area (Å²) in [6.45, 7) is 0.797. The summed E-state index contributed by atoms with van der Waals surface area (Å²) in [6, 6.07) is 11.6. The first-order valence-corrected chi connectivity index (χ1v) is 13.1. The molecular formula is C28H32N4O6. The number of fused-ring (bicyclic) bond motifs is 1. The number of amides is 5. The van der Waals surface area contributed by atoms with Crippen molar-refractivity contribution in [2.24, 2.45) is 5.92 Å². The molecule has 1 atom stereocenters. The number of nitrogens with zero attached hydrogens (tertiary/aromatic N) is 1. The third-order valence-corrected chi connectivity index (χ3v) is 7.51. The van der Waals surface area contributed by atoms with E-state index < -0.39 is 11.9 Å². The van der Waals surface area contributed by atoms with Crippen LogP contribution in [-0.4, -0.2) is 52.5 Å². The minimum Gasteiger partial charge on any atom is -0.490 e. The molecule has 38 heavy (non-hydrogen) atoms. The van der Waals surface area contributed by atoms with Crippen LogP contribution in [0.4, 0.5) is 10.5 Å². The quantitative estimate of drug-likeness (QED) is 0.415. The lowest BCUT2D eigenvalue weighted by Gasteiger charge is -2.29. The number of rotatable bonds is 7. The van der Waals surface area contributed by atoms with Crippen molar-refractivity contribution in [3.05, 3.63) is 59.2 Å². The zero-order valence-electron chi connectivity index (χ0n) is 21.1. The van der Waals surface area contributed by atoms with Crippen molar-refractivity contribution >= 4 is 29.4 Å². The van der Waals surface area contributed by atoms with E-state index in [0.29, 0.717) is 23.6 Å². The fraction of sp³-hybridized carbons (Fsp3) is 0.429. The number of carbonyl (C=O) groups is 4. The first-order valence-electron chi connectivity index (χ1n) is 13.1. The molecule has 0 bridgehead atoms. The molecule has 10 heteroatoms. The lowest BCUT2D eigenvalue weighted by atomic mass is 9.88. The second kappa shape index (κ2) is 11.2. The molecule has 5 rings (SSSR count). The van der Waals surface area contributed by atoms with Crippen molar-refractivity contribution in [2.45, 2.75) is 63.8 Å². The molecule has 0 spiro atoms. The third-order valence-electron chi connectivity index (χ3n) is 7.51. The highest BCUT2D eigenvalue weighted by Gasteiger charge is 2.39. The Balaban J connectivity index is 1.10. The molecule has 2 fully saturated rings. The van der Waals surface area contributed by atoms with Gasteiger partial charge < -0.3 is 25.4 Å². The Hall–Kier alpha value is -3.92. The average molecular weight is 521 g/mol. The van der Waals surface area contributed by atoms with Crippen molar-refractivity contribution < 1.29 is 29.0 Å². The predicted octanol–water partition coefficient (Wildman–Crippen LogP) is 2.70. The molecule has 2 aromatic carbocycles. The SMILES string of the molecule is O=C1CCC(N2Cc3cc(CNC(=O)Nc4ccc(OC5CCC(CO)CC5)cc4)ccc3C2=O)C(=O)N1. The Morgan fingerprint density at radius 1 is 1.03 bits per heavy atom. The van der Waals surface area contributed by atoms with E-state index in [1.54, 1.807) is 24.3 Å². The van der Waals surface area contributed by atoms with Gasteiger partial charge >= 0.3 is 6.03 Å². The van der Waals surface area contributed by atoms with Gasteiger partial charge in [0.1, 0.15) is 11.8 Å². The van der Waals surface area contributed by atoms with Crippen LogP contribution in [0, 0.1) is 5.92 Å². The second-order valence-corrected chi connectivity index (χ2v) is 10.2. The summed E-state index contributed by atoms with van der Waals surface area (Å²) in [6.07, 6.45) is 4.48. The molecule has 1 saturated heterocycles. The van der Waals surface area contributed by atoms with Crippen LogP contribution >= 0.6 is 0 Å². The minimum absolute atomic E-state index is 0.152. The first kappa shape index (κ1) is 25.7. The Morgan fingerprint density at radius 2 is 1.79 bits per heavy atom. The number of nitrogens with one attached hydrogen (secondary N) is 3. The molecule has 0 radical (unpaired) electrons. The summed E-state index contributed by atoms with van der Waals surface area (Å²) in [4.78, 5) is 50.4. The Morgan fingerprint density at radius 3 is 2.50 bits per heavy atom. The van der Waals surface area contributed by atoms with Gasteiger partial charge in [-0.3, -0.25) is 19.7 Å². The normalized spacial score (nSPS) is 23.0. The van der Waals surface area contributed by atoms with Crippen LogP contribution < -0.4 is 20.7 Å². The van der Waals surface area contributed by atoms with E-state index in [2.05, 4.69) is 16.0 Å². The number of imide groups is 1. The molecule has 5 amide bonds. The summed E-state index contributed by atoms with van der Waals surface area (Å²) in [5, 5.41) is 17.2. The number of piperidine rings is 1. The Labute approximate surface area is 220 Å². The van der Waals surface area contributed by atoms with Gasteiger partial charge in [0.2, 0.25) is 11.8 Å². The maximum absolute atomic E-state index is 12.8. The molecule has 1 aliphatic carbocycles. The second-order valence-electron chi connectivity index (χ2n) is 10.2. The van der Waals surface area contributed by atoms with Crippen LogP contribution in [-0.2, 0) is 22.7 Å². The molecule has 2 heterocycles. The summed E-state index contributed by atoms with van der Waals surface area (Å²) in [5.74, 6) is 0.153. The predicted molar refractivity (Wildman–Crippen MR) is 138 cm³/mol. The largest absolute Gasteiger partial charge is 0.490 e. The van der Waals surface area contributed by atoms with E-state index in [4.69, 9.17) is 4.74 Å². The van der Waals surface area contributed by atoms with Crippen molar-refractivity contribution in [3.8, 4) is 5.75 Å². The van der Waals surface area contributed by atoms with Gasteiger partial charge in [-0.1, -0.05) is 12.1 Å². The summed E-state index contributed by atoms with van der Waals surface area (Å²) >= 11 is 0. The smallest absolute Gasteiger partial charge is 0.319 e. The van der Waals surface area contributed by atoms with E-state index in [0.717, 1.165) is 42.6 Å². The maximum atomic E-state index is 12.8. The monoisotopic (exact) mass is 520 g/mol. The highest BCUT2D eigenvalue weighted by atomic mass is 16.5. The van der Waals surface area contributed by atoms with Gasteiger partial charge in [-0.2, -0.15) is 0 Å². The lowest BCUT2D eigenvalue weighted by molar-refractivity contribution is -0.136. The van der Waals surface area contributed by atoms with Crippen LogP contribution in [0.3, 0.4) is 0 Å². The molecule has 2 aromatic rings. The highest BCUT2D eigenvalue weighted by molar-refractivity contribution is 6.05. The van der Waals surface area contributed by atoms with Crippen LogP contribution in [0.25, 0.3) is 0 Å². The Kier molecular flexibility index (Phi) is 7.59. The number of aliphatic hydroxyl groups is 1. The molecular weight excluding hydrogens is 488 g/mol. The summed E-state index contributed by atoms with van der Waals surface area (Å²) < 4.78 is 6.04. The zero-order chi connectivity index (χ0) is 26.6. The standard InChI is InChI=1S/C28H32N4O6/c33-16-17-1-6-21(7-2-17)38-22-8-4-20(5-9-22)30-28(37)29-14-18-3-10-23-19(13-18)15-32(27(23)36)24-11-12-25(34)31-26(24)35/h3-5,8-10,13,17,21,24,33H,1-2,6-7,11-12,14-16H2,(H2,29,30,37)(H,31,34,35). The number of anilines is 1. The molecule has 2 aliphatic heterocycles. The van der Waals surface area contributed by atoms with Crippen molar-refractivity contribution in [1.29, 1.82) is 0 Å². The van der Waals surface area contributed by atoms with Crippen LogP contribution in [0.1, 0.15) is 60.0 Å². The lowest BCUT2D eigenvalue weighted by Crippen LogP contribution is -2.52. The summed E-state index contributed by atoms with van der Waals surface area (Å²) in [7, 11) is 0. The number of hydrogen-bond donors (Lipinski definition) is 4. The number of hydrogen-bond acceptors (Lipinski definition) is 6. The van der Waals surface area contributed by atoms with Gasteiger partial charge in [0, 0.05) is 37.4 Å². The Bertz CT molecular complexity index is 1220. The fourth-order valence-corrected chi connectivity index (χ4v) is 5.34. The molecule has 4 N–H and O–H groups in total. The number of carbonyl (C=O) groups excluding carboxylic acids is 4. The molecule has 1 saturated carbocycles. The molecule has 0 aromatic heterocycles. The topological polar surface area (TPSA) is 137 Å².